The van der Waals surface area contributed by atoms with Crippen LogP contribution in [0.15, 0.2) is 18.3 Å². The third kappa shape index (κ3) is 3.65. The van der Waals surface area contributed by atoms with Crippen LogP contribution in [0.25, 0.3) is 0 Å². The van der Waals surface area contributed by atoms with E-state index in [1.807, 2.05) is 0 Å². The third-order valence-corrected chi connectivity index (χ3v) is 3.10. The lowest BCUT2D eigenvalue weighted by molar-refractivity contribution is 0.247. The van der Waals surface area contributed by atoms with E-state index >= 15 is 0 Å². The molecule has 0 bridgehead atoms. The van der Waals surface area contributed by atoms with Crippen molar-refractivity contribution >= 4 is 11.6 Å². The highest BCUT2D eigenvalue weighted by Crippen LogP contribution is 2.15. The minimum atomic E-state index is 0.642. The fraction of sp³-hybridized carbons (Fsp3) is 0.583. The highest BCUT2D eigenvalue weighted by molar-refractivity contribution is 6.30. The molecule has 0 radical (unpaired) electrons. The van der Waals surface area contributed by atoms with Crippen LogP contribution in [0.2, 0.25) is 5.02 Å². The molecule has 0 amide bonds. The number of hydrogen-bond donors (Lipinski definition) is 1. The summed E-state index contributed by atoms with van der Waals surface area (Å²) < 4.78 is 5.57. The average molecular weight is 241 g/mol. The van der Waals surface area contributed by atoms with E-state index in [-0.39, 0.29) is 0 Å². The number of halogens is 1. The van der Waals surface area contributed by atoms with E-state index in [9.17, 15) is 0 Å². The molecule has 1 unspecified atom stereocenters. The summed E-state index contributed by atoms with van der Waals surface area (Å²) in [5.74, 6) is 1.41. The zero-order valence-electron chi connectivity index (χ0n) is 9.29. The molecular weight excluding hydrogens is 224 g/mol. The monoisotopic (exact) mass is 240 g/mol. The van der Waals surface area contributed by atoms with Gasteiger partial charge in [0.15, 0.2) is 0 Å². The second-order valence-corrected chi connectivity index (χ2v) is 4.60. The van der Waals surface area contributed by atoms with Crippen LogP contribution in [0.5, 0.6) is 5.88 Å². The largest absolute Gasteiger partial charge is 0.478 e. The molecule has 1 aliphatic rings. The number of piperidine rings is 1. The molecule has 2 rings (SSSR count). The van der Waals surface area contributed by atoms with Crippen molar-refractivity contribution in [2.45, 2.75) is 19.3 Å². The van der Waals surface area contributed by atoms with Crippen LogP contribution in [0.3, 0.4) is 0 Å². The number of pyridine rings is 1. The van der Waals surface area contributed by atoms with Gasteiger partial charge in [0.2, 0.25) is 5.88 Å². The zero-order chi connectivity index (χ0) is 11.2. The van der Waals surface area contributed by atoms with E-state index in [2.05, 4.69) is 10.3 Å². The van der Waals surface area contributed by atoms with Gasteiger partial charge in [-0.3, -0.25) is 0 Å². The second-order valence-electron chi connectivity index (χ2n) is 4.16. The summed E-state index contributed by atoms with van der Waals surface area (Å²) in [5, 5.41) is 4.04. The molecule has 0 aliphatic carbocycles. The summed E-state index contributed by atoms with van der Waals surface area (Å²) in [6.07, 6.45) is 5.30. The van der Waals surface area contributed by atoms with Crippen molar-refractivity contribution < 1.29 is 4.74 Å². The molecule has 1 atom stereocenters. The van der Waals surface area contributed by atoms with Crippen molar-refractivity contribution in [3.05, 3.63) is 23.4 Å². The second kappa shape index (κ2) is 6.06. The highest BCUT2D eigenvalue weighted by atomic mass is 35.5. The highest BCUT2D eigenvalue weighted by Gasteiger charge is 2.12. The van der Waals surface area contributed by atoms with Crippen molar-refractivity contribution in [1.29, 1.82) is 0 Å². The van der Waals surface area contributed by atoms with Gasteiger partial charge in [-0.2, -0.15) is 0 Å². The number of rotatable bonds is 4. The summed E-state index contributed by atoms with van der Waals surface area (Å²) in [5.41, 5.74) is 0. The van der Waals surface area contributed by atoms with Crippen molar-refractivity contribution in [3.63, 3.8) is 0 Å². The zero-order valence-corrected chi connectivity index (χ0v) is 10.0. The van der Waals surface area contributed by atoms with Gasteiger partial charge in [-0.05, 0) is 44.3 Å². The van der Waals surface area contributed by atoms with Crippen LogP contribution >= 0.6 is 11.6 Å². The van der Waals surface area contributed by atoms with E-state index in [0.29, 0.717) is 10.9 Å². The maximum Gasteiger partial charge on any atom is 0.213 e. The molecule has 0 aromatic carbocycles. The lowest BCUT2D eigenvalue weighted by Crippen LogP contribution is -2.30. The van der Waals surface area contributed by atoms with Gasteiger partial charge in [-0.15, -0.1) is 0 Å². The Morgan fingerprint density at radius 3 is 3.12 bits per heavy atom. The van der Waals surface area contributed by atoms with Crippen molar-refractivity contribution in [3.8, 4) is 5.88 Å². The molecule has 1 fully saturated rings. The number of ether oxygens (including phenoxy) is 1. The maximum absolute atomic E-state index is 5.74. The van der Waals surface area contributed by atoms with Crippen molar-refractivity contribution in [2.75, 3.05) is 19.7 Å². The van der Waals surface area contributed by atoms with E-state index in [0.717, 1.165) is 32.0 Å². The van der Waals surface area contributed by atoms with Gasteiger partial charge in [0.25, 0.3) is 0 Å². The predicted octanol–water partition coefficient (Wildman–Crippen LogP) is 2.50. The smallest absolute Gasteiger partial charge is 0.213 e. The molecule has 1 aliphatic heterocycles. The Morgan fingerprint density at radius 2 is 2.44 bits per heavy atom. The van der Waals surface area contributed by atoms with Gasteiger partial charge >= 0.3 is 0 Å². The van der Waals surface area contributed by atoms with Gasteiger partial charge in [0, 0.05) is 12.3 Å². The van der Waals surface area contributed by atoms with Crippen LogP contribution in [-0.2, 0) is 0 Å². The topological polar surface area (TPSA) is 34.1 Å². The Labute approximate surface area is 101 Å². The quantitative estimate of drug-likeness (QED) is 0.878. The normalized spacial score (nSPS) is 20.7. The lowest BCUT2D eigenvalue weighted by atomic mass is 9.97. The van der Waals surface area contributed by atoms with E-state index in [1.165, 1.54) is 12.8 Å². The van der Waals surface area contributed by atoms with Crippen LogP contribution < -0.4 is 10.1 Å². The lowest BCUT2D eigenvalue weighted by Gasteiger charge is -2.22. The first kappa shape index (κ1) is 11.7. The molecule has 0 saturated carbocycles. The summed E-state index contributed by atoms with van der Waals surface area (Å²) >= 11 is 5.74. The van der Waals surface area contributed by atoms with Crippen LogP contribution in [0.4, 0.5) is 0 Å². The molecular formula is C12H17ClN2O. The third-order valence-electron chi connectivity index (χ3n) is 2.88. The Kier molecular flexibility index (Phi) is 4.43. The van der Waals surface area contributed by atoms with Gasteiger partial charge in [0.05, 0.1) is 11.6 Å². The summed E-state index contributed by atoms with van der Waals surface area (Å²) in [4.78, 5) is 4.09. The van der Waals surface area contributed by atoms with Gasteiger partial charge in [-0.1, -0.05) is 11.6 Å². The van der Waals surface area contributed by atoms with Crippen LogP contribution in [-0.4, -0.2) is 24.7 Å². The van der Waals surface area contributed by atoms with Crippen LogP contribution in [0, 0.1) is 5.92 Å². The first-order valence-corrected chi connectivity index (χ1v) is 6.17. The van der Waals surface area contributed by atoms with E-state index in [4.69, 9.17) is 16.3 Å². The number of hydrogen-bond acceptors (Lipinski definition) is 3. The summed E-state index contributed by atoms with van der Waals surface area (Å²) in [6.45, 7) is 3.02. The average Bonchev–Trinajstić information content (AvgIpc) is 2.33. The van der Waals surface area contributed by atoms with Crippen LogP contribution in [0.1, 0.15) is 19.3 Å². The Morgan fingerprint density at radius 1 is 1.50 bits per heavy atom. The van der Waals surface area contributed by atoms with E-state index < -0.39 is 0 Å². The molecule has 2 heterocycles. The molecule has 0 spiro atoms. The molecule has 1 N–H and O–H groups in total. The molecule has 4 heteroatoms. The molecule has 1 aromatic heterocycles. The number of nitrogens with one attached hydrogen (secondary N) is 1. The minimum Gasteiger partial charge on any atom is -0.478 e. The molecule has 88 valence electrons. The number of aromatic nitrogens is 1. The SMILES string of the molecule is Clc1ccc(OCCC2CCCNC2)nc1. The Bertz CT molecular complexity index is 309. The first-order chi connectivity index (χ1) is 7.84. The number of nitrogens with zero attached hydrogens (tertiary/aromatic N) is 1. The fourth-order valence-electron chi connectivity index (χ4n) is 1.95. The Balaban J connectivity index is 1.69. The molecule has 1 aromatic rings. The van der Waals surface area contributed by atoms with Gasteiger partial charge < -0.3 is 10.1 Å². The molecule has 16 heavy (non-hydrogen) atoms. The summed E-state index contributed by atoms with van der Waals surface area (Å²) in [6, 6.07) is 3.60. The maximum atomic E-state index is 5.74. The standard InChI is InChI=1S/C12H17ClN2O/c13-11-3-4-12(15-9-11)16-7-5-10-2-1-6-14-8-10/h3-4,9-10,14H,1-2,5-8H2. The Hall–Kier alpha value is -0.800. The van der Waals surface area contributed by atoms with Gasteiger partial charge in [-0.25, -0.2) is 4.98 Å². The van der Waals surface area contributed by atoms with Crippen molar-refractivity contribution in [2.24, 2.45) is 5.92 Å². The minimum absolute atomic E-state index is 0.642. The molecule has 1 saturated heterocycles. The fourth-order valence-corrected chi connectivity index (χ4v) is 2.06. The summed E-state index contributed by atoms with van der Waals surface area (Å²) in [7, 11) is 0. The first-order valence-electron chi connectivity index (χ1n) is 5.79. The van der Waals surface area contributed by atoms with E-state index in [1.54, 1.807) is 18.3 Å². The molecule has 3 nitrogen and oxygen atoms in total. The predicted molar refractivity (Wildman–Crippen MR) is 65.0 cm³/mol. The van der Waals surface area contributed by atoms with Crippen molar-refractivity contribution in [1.82, 2.24) is 10.3 Å². The van der Waals surface area contributed by atoms with Gasteiger partial charge in [0.1, 0.15) is 0 Å².